The topological polar surface area (TPSA) is 61.4 Å². The molecule has 0 aliphatic carbocycles. The lowest BCUT2D eigenvalue weighted by Crippen LogP contribution is -2.48. The van der Waals surface area contributed by atoms with E-state index < -0.39 is 0 Å². The van der Waals surface area contributed by atoms with E-state index in [1.54, 1.807) is 18.2 Å². The molecule has 0 atom stereocenters. The van der Waals surface area contributed by atoms with E-state index in [1.807, 2.05) is 0 Å². The SMILES string of the molecule is Cc1ccc(Cc2nsc(N3CCN(CCNC(=O)c4cc(Cl)cc(Cl)c4)CC3)n2)cc1. The van der Waals surface area contributed by atoms with Gasteiger partial charge in [0.15, 0.2) is 0 Å². The van der Waals surface area contributed by atoms with Crippen LogP contribution in [-0.2, 0) is 6.42 Å². The van der Waals surface area contributed by atoms with Crippen LogP contribution in [0.5, 0.6) is 0 Å². The van der Waals surface area contributed by atoms with Crippen LogP contribution in [0.15, 0.2) is 42.5 Å². The van der Waals surface area contributed by atoms with Crippen molar-refractivity contribution < 1.29 is 4.79 Å². The van der Waals surface area contributed by atoms with Crippen LogP contribution in [0.3, 0.4) is 0 Å². The molecule has 168 valence electrons. The Morgan fingerprint density at radius 3 is 2.44 bits per heavy atom. The predicted octanol–water partition coefficient (Wildman–Crippen LogP) is 4.30. The molecule has 1 amide bonds. The number of anilines is 1. The maximum atomic E-state index is 12.3. The van der Waals surface area contributed by atoms with Gasteiger partial charge in [0.1, 0.15) is 5.82 Å². The highest BCUT2D eigenvalue weighted by molar-refractivity contribution is 7.09. The number of carbonyl (C=O) groups excluding carboxylic acids is 1. The zero-order valence-corrected chi connectivity index (χ0v) is 20.2. The Hall–Kier alpha value is -2.19. The molecule has 1 fully saturated rings. The van der Waals surface area contributed by atoms with E-state index in [0.29, 0.717) is 22.2 Å². The molecule has 1 aliphatic heterocycles. The first kappa shape index (κ1) is 23.0. The van der Waals surface area contributed by atoms with E-state index in [1.165, 1.54) is 22.7 Å². The first-order valence-corrected chi connectivity index (χ1v) is 12.1. The number of piperazine rings is 1. The van der Waals surface area contributed by atoms with E-state index in [0.717, 1.165) is 50.1 Å². The Bertz CT molecular complexity index is 1040. The Kier molecular flexibility index (Phi) is 7.63. The van der Waals surface area contributed by atoms with E-state index in [4.69, 9.17) is 28.2 Å². The van der Waals surface area contributed by atoms with Crippen molar-refractivity contribution >= 4 is 45.8 Å². The van der Waals surface area contributed by atoms with Crippen LogP contribution in [0, 0.1) is 6.92 Å². The number of rotatable bonds is 7. The number of hydrogen-bond acceptors (Lipinski definition) is 6. The average molecular weight is 490 g/mol. The molecule has 2 aromatic carbocycles. The van der Waals surface area contributed by atoms with Crippen LogP contribution in [-0.4, -0.2) is 59.4 Å². The van der Waals surface area contributed by atoms with E-state index in [9.17, 15) is 4.79 Å². The van der Waals surface area contributed by atoms with E-state index in [2.05, 4.69) is 50.7 Å². The summed E-state index contributed by atoms with van der Waals surface area (Å²) in [5.41, 5.74) is 2.96. The number of aryl methyl sites for hydroxylation is 1. The molecule has 1 saturated heterocycles. The second-order valence-electron chi connectivity index (χ2n) is 7.90. The zero-order valence-electron chi connectivity index (χ0n) is 17.9. The third kappa shape index (κ3) is 6.19. The monoisotopic (exact) mass is 489 g/mol. The van der Waals surface area contributed by atoms with Crippen molar-refractivity contribution in [2.24, 2.45) is 0 Å². The minimum Gasteiger partial charge on any atom is -0.351 e. The van der Waals surface area contributed by atoms with Gasteiger partial charge >= 0.3 is 0 Å². The predicted molar refractivity (Wildman–Crippen MR) is 131 cm³/mol. The third-order valence-electron chi connectivity index (χ3n) is 5.42. The van der Waals surface area contributed by atoms with E-state index in [-0.39, 0.29) is 5.91 Å². The number of nitrogens with one attached hydrogen (secondary N) is 1. The quantitative estimate of drug-likeness (QED) is 0.536. The molecular formula is C23H25Cl2N5OS. The number of amides is 1. The molecule has 9 heteroatoms. The van der Waals surface area contributed by atoms with Crippen molar-refractivity contribution in [1.29, 1.82) is 0 Å². The Morgan fingerprint density at radius 2 is 1.75 bits per heavy atom. The minimum atomic E-state index is -0.164. The molecule has 4 rings (SSSR count). The van der Waals surface area contributed by atoms with Gasteiger partial charge in [0, 0.05) is 72.8 Å². The van der Waals surface area contributed by atoms with Gasteiger partial charge in [0.2, 0.25) is 5.13 Å². The molecule has 32 heavy (non-hydrogen) atoms. The Labute approximate surface area is 202 Å². The van der Waals surface area contributed by atoms with Gasteiger partial charge in [-0.15, -0.1) is 0 Å². The summed E-state index contributed by atoms with van der Waals surface area (Å²) in [7, 11) is 0. The summed E-state index contributed by atoms with van der Waals surface area (Å²) in [6, 6.07) is 13.4. The van der Waals surface area contributed by atoms with Gasteiger partial charge in [-0.2, -0.15) is 4.37 Å². The maximum absolute atomic E-state index is 12.3. The number of hydrogen-bond donors (Lipinski definition) is 1. The normalized spacial score (nSPS) is 14.5. The number of carbonyl (C=O) groups is 1. The van der Waals surface area contributed by atoms with Gasteiger partial charge < -0.3 is 10.2 Å². The van der Waals surface area contributed by atoms with Crippen LogP contribution >= 0.6 is 34.7 Å². The Morgan fingerprint density at radius 1 is 1.06 bits per heavy atom. The molecular weight excluding hydrogens is 465 g/mol. The van der Waals surface area contributed by atoms with Crippen LogP contribution in [0.2, 0.25) is 10.0 Å². The lowest BCUT2D eigenvalue weighted by molar-refractivity contribution is 0.0948. The molecule has 0 saturated carbocycles. The average Bonchev–Trinajstić information content (AvgIpc) is 3.23. The van der Waals surface area contributed by atoms with E-state index >= 15 is 0 Å². The lowest BCUT2D eigenvalue weighted by atomic mass is 10.1. The smallest absolute Gasteiger partial charge is 0.251 e. The summed E-state index contributed by atoms with van der Waals surface area (Å²) >= 11 is 13.4. The second kappa shape index (κ2) is 10.6. The van der Waals surface area contributed by atoms with Gasteiger partial charge in [0.05, 0.1) is 0 Å². The first-order chi connectivity index (χ1) is 15.5. The van der Waals surface area contributed by atoms with Crippen LogP contribution in [0.25, 0.3) is 0 Å². The van der Waals surface area contributed by atoms with Crippen molar-refractivity contribution in [3.63, 3.8) is 0 Å². The molecule has 0 bridgehead atoms. The van der Waals surface area contributed by atoms with Crippen molar-refractivity contribution in [3.05, 3.63) is 75.0 Å². The fourth-order valence-electron chi connectivity index (χ4n) is 3.61. The molecule has 2 heterocycles. The fourth-order valence-corrected chi connectivity index (χ4v) is 4.87. The highest BCUT2D eigenvalue weighted by atomic mass is 35.5. The molecule has 1 aromatic heterocycles. The second-order valence-corrected chi connectivity index (χ2v) is 9.50. The molecule has 0 spiro atoms. The summed E-state index contributed by atoms with van der Waals surface area (Å²) in [6.07, 6.45) is 0.758. The number of nitrogens with zero attached hydrogens (tertiary/aromatic N) is 4. The summed E-state index contributed by atoms with van der Waals surface area (Å²) in [6.45, 7) is 7.10. The van der Waals surface area contributed by atoms with Gasteiger partial charge in [-0.05, 0) is 30.7 Å². The van der Waals surface area contributed by atoms with Gasteiger partial charge in [0.25, 0.3) is 5.91 Å². The summed E-state index contributed by atoms with van der Waals surface area (Å²) in [5, 5.41) is 4.84. The maximum Gasteiger partial charge on any atom is 0.251 e. The summed E-state index contributed by atoms with van der Waals surface area (Å²) in [4.78, 5) is 21.7. The van der Waals surface area contributed by atoms with Gasteiger partial charge in [-0.3, -0.25) is 9.69 Å². The van der Waals surface area contributed by atoms with Crippen LogP contribution < -0.4 is 10.2 Å². The number of benzene rings is 2. The number of aromatic nitrogens is 2. The molecule has 6 nitrogen and oxygen atoms in total. The summed E-state index contributed by atoms with van der Waals surface area (Å²) < 4.78 is 4.55. The fraction of sp³-hybridized carbons (Fsp3) is 0.348. The largest absolute Gasteiger partial charge is 0.351 e. The zero-order chi connectivity index (χ0) is 22.5. The standard InChI is InChI=1S/C23H25Cl2N5OS/c1-16-2-4-17(5-3-16)12-21-27-23(32-28-21)30-10-8-29(9-11-30)7-6-26-22(31)18-13-19(24)15-20(25)14-18/h2-5,13-15H,6-12H2,1H3,(H,26,31). The van der Waals surface area contributed by atoms with Crippen molar-refractivity contribution in [1.82, 2.24) is 19.6 Å². The third-order valence-corrected chi connectivity index (χ3v) is 6.67. The van der Waals surface area contributed by atoms with Crippen molar-refractivity contribution in [2.45, 2.75) is 13.3 Å². The van der Waals surface area contributed by atoms with Gasteiger partial charge in [-0.25, -0.2) is 4.98 Å². The highest BCUT2D eigenvalue weighted by Gasteiger charge is 2.20. The van der Waals surface area contributed by atoms with Crippen molar-refractivity contribution in [3.8, 4) is 0 Å². The number of halogens is 2. The molecule has 0 unspecified atom stereocenters. The minimum absolute atomic E-state index is 0.164. The Balaban J connectivity index is 1.21. The molecule has 3 aromatic rings. The highest BCUT2D eigenvalue weighted by Crippen LogP contribution is 2.21. The molecule has 1 N–H and O–H groups in total. The molecule has 0 radical (unpaired) electrons. The molecule has 1 aliphatic rings. The summed E-state index contributed by atoms with van der Waals surface area (Å²) in [5.74, 6) is 0.711. The van der Waals surface area contributed by atoms with Crippen molar-refractivity contribution in [2.75, 3.05) is 44.2 Å². The lowest BCUT2D eigenvalue weighted by Gasteiger charge is -2.34. The van der Waals surface area contributed by atoms with Crippen LogP contribution in [0.1, 0.15) is 27.3 Å². The van der Waals surface area contributed by atoms with Gasteiger partial charge in [-0.1, -0.05) is 53.0 Å². The first-order valence-electron chi connectivity index (χ1n) is 10.6. The van der Waals surface area contributed by atoms with Crippen LogP contribution in [0.4, 0.5) is 5.13 Å².